The smallest absolute Gasteiger partial charge is 0.146 e. The van der Waals surface area contributed by atoms with Crippen molar-refractivity contribution >= 4 is 5.69 Å². The Labute approximate surface area is 109 Å². The zero-order chi connectivity index (χ0) is 13.2. The Hall–Kier alpha value is -1.09. The van der Waals surface area contributed by atoms with Crippen molar-refractivity contribution in [3.63, 3.8) is 0 Å². The van der Waals surface area contributed by atoms with E-state index in [-0.39, 0.29) is 5.82 Å². The molecule has 3 heteroatoms. The van der Waals surface area contributed by atoms with Gasteiger partial charge in [0.25, 0.3) is 0 Å². The molecule has 0 spiro atoms. The molecule has 1 heterocycles. The van der Waals surface area contributed by atoms with E-state index >= 15 is 0 Å². The number of halogens is 1. The topological polar surface area (TPSA) is 29.3 Å². The number of hydrogen-bond donors (Lipinski definition) is 1. The third kappa shape index (κ3) is 2.37. The van der Waals surface area contributed by atoms with Crippen LogP contribution in [-0.2, 0) is 6.54 Å². The van der Waals surface area contributed by atoms with Crippen LogP contribution in [0.5, 0.6) is 0 Å². The van der Waals surface area contributed by atoms with Gasteiger partial charge in [0.1, 0.15) is 5.82 Å². The summed E-state index contributed by atoms with van der Waals surface area (Å²) < 4.78 is 14.1. The summed E-state index contributed by atoms with van der Waals surface area (Å²) in [5.41, 5.74) is 7.49. The van der Waals surface area contributed by atoms with Gasteiger partial charge < -0.3 is 10.6 Å². The standard InChI is InChI=1S/C15H23FN2/c1-3-15(4-2)7-8-18(11-15)14-6-5-12(10-17)9-13(14)16/h5-6,9H,3-4,7-8,10-11,17H2,1-2H3. The minimum absolute atomic E-state index is 0.138. The van der Waals surface area contributed by atoms with E-state index in [4.69, 9.17) is 5.73 Å². The summed E-state index contributed by atoms with van der Waals surface area (Å²) >= 11 is 0. The summed E-state index contributed by atoms with van der Waals surface area (Å²) in [6, 6.07) is 5.36. The summed E-state index contributed by atoms with van der Waals surface area (Å²) in [6.45, 7) is 6.80. The molecule has 1 aromatic rings. The molecule has 0 unspecified atom stereocenters. The van der Waals surface area contributed by atoms with Gasteiger partial charge in [-0.25, -0.2) is 4.39 Å². The molecule has 0 saturated carbocycles. The quantitative estimate of drug-likeness (QED) is 0.888. The minimum atomic E-state index is -0.138. The van der Waals surface area contributed by atoms with Gasteiger partial charge in [-0.05, 0) is 42.4 Å². The highest BCUT2D eigenvalue weighted by atomic mass is 19.1. The van der Waals surface area contributed by atoms with Crippen molar-refractivity contribution in [3.8, 4) is 0 Å². The molecule has 1 aliphatic heterocycles. The third-order valence-corrected chi connectivity index (χ3v) is 4.53. The number of hydrogen-bond acceptors (Lipinski definition) is 2. The van der Waals surface area contributed by atoms with E-state index in [9.17, 15) is 4.39 Å². The molecule has 0 amide bonds. The van der Waals surface area contributed by atoms with Crippen LogP contribution in [0.2, 0.25) is 0 Å². The van der Waals surface area contributed by atoms with Gasteiger partial charge >= 0.3 is 0 Å². The van der Waals surface area contributed by atoms with Crippen LogP contribution in [0.1, 0.15) is 38.7 Å². The van der Waals surface area contributed by atoms with Crippen LogP contribution in [0.15, 0.2) is 18.2 Å². The first kappa shape index (κ1) is 13.3. The molecule has 1 fully saturated rings. The average molecular weight is 250 g/mol. The van der Waals surface area contributed by atoms with Crippen LogP contribution in [0.4, 0.5) is 10.1 Å². The van der Waals surface area contributed by atoms with Crippen LogP contribution < -0.4 is 10.6 Å². The average Bonchev–Trinajstić information content (AvgIpc) is 2.83. The van der Waals surface area contributed by atoms with Gasteiger partial charge in [-0.1, -0.05) is 19.9 Å². The van der Waals surface area contributed by atoms with Crippen molar-refractivity contribution in [1.29, 1.82) is 0 Å². The Morgan fingerprint density at radius 2 is 2.06 bits per heavy atom. The fraction of sp³-hybridized carbons (Fsp3) is 0.600. The summed E-state index contributed by atoms with van der Waals surface area (Å²) in [5.74, 6) is -0.138. The fourth-order valence-electron chi connectivity index (χ4n) is 2.90. The van der Waals surface area contributed by atoms with Crippen molar-refractivity contribution in [2.24, 2.45) is 11.1 Å². The first-order valence-electron chi connectivity index (χ1n) is 6.87. The van der Waals surface area contributed by atoms with Gasteiger partial charge in [-0.15, -0.1) is 0 Å². The maximum absolute atomic E-state index is 14.1. The molecule has 0 aromatic heterocycles. The molecule has 1 saturated heterocycles. The van der Waals surface area contributed by atoms with Crippen molar-refractivity contribution in [1.82, 2.24) is 0 Å². The summed E-state index contributed by atoms with van der Waals surface area (Å²) in [4.78, 5) is 2.18. The van der Waals surface area contributed by atoms with Crippen LogP contribution in [0.3, 0.4) is 0 Å². The van der Waals surface area contributed by atoms with Crippen LogP contribution in [0, 0.1) is 11.2 Å². The zero-order valence-electron chi connectivity index (χ0n) is 11.4. The van der Waals surface area contributed by atoms with Crippen molar-refractivity contribution in [3.05, 3.63) is 29.6 Å². The highest BCUT2D eigenvalue weighted by Crippen LogP contribution is 2.39. The maximum atomic E-state index is 14.1. The summed E-state index contributed by atoms with van der Waals surface area (Å²) in [7, 11) is 0. The van der Waals surface area contributed by atoms with Crippen molar-refractivity contribution < 1.29 is 4.39 Å². The molecule has 0 bridgehead atoms. The highest BCUT2D eigenvalue weighted by molar-refractivity contribution is 5.50. The van der Waals surface area contributed by atoms with Crippen LogP contribution >= 0.6 is 0 Å². The molecule has 0 aliphatic carbocycles. The molecule has 2 N–H and O–H groups in total. The molecule has 18 heavy (non-hydrogen) atoms. The maximum Gasteiger partial charge on any atom is 0.146 e. The zero-order valence-corrected chi connectivity index (χ0v) is 11.4. The second-order valence-corrected chi connectivity index (χ2v) is 5.37. The lowest BCUT2D eigenvalue weighted by molar-refractivity contribution is 0.301. The molecular weight excluding hydrogens is 227 g/mol. The van der Waals surface area contributed by atoms with Gasteiger partial charge in [-0.2, -0.15) is 0 Å². The first-order chi connectivity index (χ1) is 8.64. The Morgan fingerprint density at radius 3 is 2.56 bits per heavy atom. The van der Waals surface area contributed by atoms with Crippen molar-refractivity contribution in [2.45, 2.75) is 39.7 Å². The highest BCUT2D eigenvalue weighted by Gasteiger charge is 2.35. The van der Waals surface area contributed by atoms with E-state index in [1.165, 1.54) is 12.8 Å². The van der Waals surface area contributed by atoms with Crippen LogP contribution in [-0.4, -0.2) is 13.1 Å². The lowest BCUT2D eigenvalue weighted by Gasteiger charge is -2.27. The number of benzene rings is 1. The SMILES string of the molecule is CCC1(CC)CCN(c2ccc(CN)cc2F)C1. The number of rotatable bonds is 4. The number of anilines is 1. The van der Waals surface area contributed by atoms with E-state index in [1.807, 2.05) is 12.1 Å². The monoisotopic (exact) mass is 250 g/mol. The lowest BCUT2D eigenvalue weighted by atomic mass is 9.82. The van der Waals surface area contributed by atoms with Gasteiger partial charge in [0.15, 0.2) is 0 Å². The van der Waals surface area contributed by atoms with E-state index in [0.717, 1.165) is 30.8 Å². The molecule has 0 atom stereocenters. The number of nitrogens with two attached hydrogens (primary N) is 1. The Bertz CT molecular complexity index is 413. The molecule has 1 aliphatic rings. The molecule has 2 nitrogen and oxygen atoms in total. The normalized spacial score (nSPS) is 18.3. The van der Waals surface area contributed by atoms with E-state index in [1.54, 1.807) is 6.07 Å². The largest absolute Gasteiger partial charge is 0.369 e. The number of nitrogens with zero attached hydrogens (tertiary/aromatic N) is 1. The molecular formula is C15H23FN2. The molecule has 2 rings (SSSR count). The van der Waals surface area contributed by atoms with Crippen LogP contribution in [0.25, 0.3) is 0 Å². The van der Waals surface area contributed by atoms with Gasteiger partial charge in [0.2, 0.25) is 0 Å². The van der Waals surface area contributed by atoms with E-state index in [2.05, 4.69) is 18.7 Å². The van der Waals surface area contributed by atoms with Gasteiger partial charge in [0.05, 0.1) is 5.69 Å². The Morgan fingerprint density at radius 1 is 1.33 bits per heavy atom. The summed E-state index contributed by atoms with van der Waals surface area (Å²) in [6.07, 6.45) is 3.50. The summed E-state index contributed by atoms with van der Waals surface area (Å²) in [5, 5.41) is 0. The molecule has 100 valence electrons. The van der Waals surface area contributed by atoms with E-state index in [0.29, 0.717) is 12.0 Å². The predicted molar refractivity (Wildman–Crippen MR) is 74.1 cm³/mol. The third-order valence-electron chi connectivity index (χ3n) is 4.53. The van der Waals surface area contributed by atoms with Gasteiger partial charge in [-0.3, -0.25) is 0 Å². The first-order valence-corrected chi connectivity index (χ1v) is 6.87. The van der Waals surface area contributed by atoms with Crippen molar-refractivity contribution in [2.75, 3.05) is 18.0 Å². The predicted octanol–water partition coefficient (Wildman–Crippen LogP) is 3.30. The molecule has 1 aromatic carbocycles. The molecule has 0 radical (unpaired) electrons. The Kier molecular flexibility index (Phi) is 3.91. The van der Waals surface area contributed by atoms with E-state index < -0.39 is 0 Å². The van der Waals surface area contributed by atoms with Gasteiger partial charge in [0, 0.05) is 19.6 Å². The lowest BCUT2D eigenvalue weighted by Crippen LogP contribution is -2.26. The Balaban J connectivity index is 2.19. The second-order valence-electron chi connectivity index (χ2n) is 5.37. The minimum Gasteiger partial charge on any atom is -0.369 e. The second kappa shape index (κ2) is 5.27. The fourth-order valence-corrected chi connectivity index (χ4v) is 2.90.